The maximum absolute atomic E-state index is 15.1. The topological polar surface area (TPSA) is 104 Å². The number of aliphatic imine (C=N–C) groups is 1. The number of rotatable bonds is 3. The fraction of sp³-hybridized carbons (Fsp3) is 0.300. The van der Waals surface area contributed by atoms with Crippen LogP contribution in [0.2, 0.25) is 0 Å². The summed E-state index contributed by atoms with van der Waals surface area (Å²) >= 11 is 0. The lowest BCUT2D eigenvalue weighted by Gasteiger charge is -2.42. The molecule has 30 heavy (non-hydrogen) atoms. The molecule has 0 aliphatic carbocycles. The number of pyridine rings is 1. The smallest absolute Gasteiger partial charge is 0.280 e. The average Bonchev–Trinajstić information content (AvgIpc) is 2.67. The van der Waals surface area contributed by atoms with E-state index in [2.05, 4.69) is 15.3 Å². The van der Waals surface area contributed by atoms with Gasteiger partial charge in [0.05, 0.1) is 17.7 Å². The molecule has 0 spiro atoms. The molecule has 3 N–H and O–H groups in total. The third-order valence-electron chi connectivity index (χ3n) is 5.04. The van der Waals surface area contributed by atoms with E-state index in [0.717, 1.165) is 26.1 Å². The van der Waals surface area contributed by atoms with E-state index in [1.807, 2.05) is 6.07 Å². The van der Waals surface area contributed by atoms with E-state index in [1.54, 1.807) is 0 Å². The summed E-state index contributed by atoms with van der Waals surface area (Å²) in [5.41, 5.74) is -0.288. The maximum Gasteiger partial charge on any atom is 0.280 e. The fourth-order valence-corrected chi connectivity index (χ4v) is 3.16. The first kappa shape index (κ1) is 21.2. The Bertz CT molecular complexity index is 1080. The molecule has 0 radical (unpaired) electrons. The number of benzene rings is 1. The van der Waals surface area contributed by atoms with Crippen molar-refractivity contribution in [3.63, 3.8) is 0 Å². The first-order chi connectivity index (χ1) is 13.9. The molecular weight excluding hydrogens is 402 g/mol. The Hall–Kier alpha value is -3.48. The second-order valence-electron chi connectivity index (χ2n) is 7.31. The van der Waals surface area contributed by atoms with Gasteiger partial charge in [-0.2, -0.15) is 5.26 Å². The number of nitrogens with one attached hydrogen (secondary N) is 1. The molecule has 156 valence electrons. The van der Waals surface area contributed by atoms with E-state index in [4.69, 9.17) is 11.0 Å². The van der Waals surface area contributed by atoms with Crippen LogP contribution in [-0.2, 0) is 5.54 Å². The highest BCUT2D eigenvalue weighted by Crippen LogP contribution is 2.50. The van der Waals surface area contributed by atoms with E-state index in [0.29, 0.717) is 0 Å². The number of carbonyl (C=O) groups is 1. The van der Waals surface area contributed by atoms with Crippen LogP contribution in [0.15, 0.2) is 41.5 Å². The van der Waals surface area contributed by atoms with Crippen molar-refractivity contribution in [1.82, 2.24) is 4.98 Å². The molecule has 0 bridgehead atoms. The summed E-state index contributed by atoms with van der Waals surface area (Å²) in [5.74, 6) is -6.37. The van der Waals surface area contributed by atoms with E-state index >= 15 is 4.39 Å². The first-order valence-corrected chi connectivity index (χ1v) is 8.80. The van der Waals surface area contributed by atoms with Crippen molar-refractivity contribution in [1.29, 1.82) is 5.26 Å². The van der Waals surface area contributed by atoms with Crippen LogP contribution in [0.3, 0.4) is 0 Å². The highest BCUT2D eigenvalue weighted by molar-refractivity contribution is 6.03. The highest BCUT2D eigenvalue weighted by Gasteiger charge is 2.60. The van der Waals surface area contributed by atoms with Gasteiger partial charge in [0.25, 0.3) is 11.8 Å². The summed E-state index contributed by atoms with van der Waals surface area (Å²) in [6, 6.07) is 7.97. The lowest BCUT2D eigenvalue weighted by Crippen LogP contribution is -2.56. The minimum Gasteiger partial charge on any atom is -0.385 e. The van der Waals surface area contributed by atoms with Gasteiger partial charge >= 0.3 is 0 Å². The highest BCUT2D eigenvalue weighted by atomic mass is 19.3. The molecule has 2 atom stereocenters. The Labute approximate surface area is 169 Å². The fourth-order valence-electron chi connectivity index (χ4n) is 3.16. The van der Waals surface area contributed by atoms with Crippen molar-refractivity contribution in [2.75, 3.05) is 5.32 Å². The SMILES string of the molecule is C[C@@]1(F)CC(F)(F)[C@@](C)(c2cccc(NC(=O)c3ccc(C#N)cn3)c2F)N=C1N. The number of carbonyl (C=O) groups excluding carboxylic acids is 1. The van der Waals surface area contributed by atoms with Gasteiger partial charge in [-0.3, -0.25) is 9.79 Å². The standard InChI is InChI=1S/C20H17F4N5O/c1-18(22)10-20(23,24)19(2,29-17(18)26)12-4-3-5-13(15(12)21)28-16(30)14-7-6-11(8-25)9-27-14/h3-7,9H,10H2,1-2H3,(H2,26,29)(H,28,30)/t18-,19-/m1/s1. The quantitative estimate of drug-likeness (QED) is 0.741. The number of nitrogens with zero attached hydrogens (tertiary/aromatic N) is 3. The lowest BCUT2D eigenvalue weighted by atomic mass is 9.77. The Balaban J connectivity index is 1.99. The molecule has 2 aromatic rings. The molecule has 1 aliphatic rings. The van der Waals surface area contributed by atoms with Gasteiger partial charge in [0.2, 0.25) is 0 Å². The largest absolute Gasteiger partial charge is 0.385 e. The molecule has 0 unspecified atom stereocenters. The number of amides is 1. The molecule has 1 amide bonds. The Morgan fingerprint density at radius 1 is 1.23 bits per heavy atom. The average molecular weight is 419 g/mol. The summed E-state index contributed by atoms with van der Waals surface area (Å²) in [4.78, 5) is 19.7. The van der Waals surface area contributed by atoms with Gasteiger partial charge < -0.3 is 11.1 Å². The summed E-state index contributed by atoms with van der Waals surface area (Å²) in [7, 11) is 0. The Morgan fingerprint density at radius 2 is 1.93 bits per heavy atom. The minimum absolute atomic E-state index is 0.108. The van der Waals surface area contributed by atoms with Gasteiger partial charge in [-0.25, -0.2) is 22.5 Å². The molecule has 3 rings (SSSR count). The second kappa shape index (κ2) is 7.09. The zero-order valence-corrected chi connectivity index (χ0v) is 16.0. The molecule has 1 aliphatic heterocycles. The van der Waals surface area contributed by atoms with Crippen LogP contribution < -0.4 is 11.1 Å². The predicted molar refractivity (Wildman–Crippen MR) is 101 cm³/mol. The normalized spacial score (nSPS) is 25.2. The number of hydrogen-bond acceptors (Lipinski definition) is 5. The van der Waals surface area contributed by atoms with Crippen molar-refractivity contribution in [3.05, 3.63) is 59.2 Å². The van der Waals surface area contributed by atoms with Crippen molar-refractivity contribution in [3.8, 4) is 6.07 Å². The maximum atomic E-state index is 15.1. The lowest BCUT2D eigenvalue weighted by molar-refractivity contribution is -0.106. The van der Waals surface area contributed by atoms with Gasteiger partial charge in [-0.1, -0.05) is 12.1 Å². The number of amidine groups is 1. The van der Waals surface area contributed by atoms with Gasteiger partial charge in [0.15, 0.2) is 17.0 Å². The minimum atomic E-state index is -3.75. The molecule has 2 heterocycles. The molecule has 1 aromatic carbocycles. The van der Waals surface area contributed by atoms with Crippen LogP contribution in [0.4, 0.5) is 23.2 Å². The van der Waals surface area contributed by atoms with Crippen molar-refractivity contribution >= 4 is 17.4 Å². The molecule has 0 saturated carbocycles. The zero-order valence-electron chi connectivity index (χ0n) is 16.0. The predicted octanol–water partition coefficient (Wildman–Crippen LogP) is 3.68. The van der Waals surface area contributed by atoms with Crippen LogP contribution in [0, 0.1) is 17.1 Å². The molecule has 0 saturated heterocycles. The number of nitrogens with two attached hydrogens (primary N) is 1. The number of alkyl halides is 3. The van der Waals surface area contributed by atoms with Crippen LogP contribution in [0.5, 0.6) is 0 Å². The van der Waals surface area contributed by atoms with Crippen LogP contribution in [0.1, 0.15) is 41.9 Å². The summed E-state index contributed by atoms with van der Waals surface area (Å²) in [5, 5.41) is 11.0. The van der Waals surface area contributed by atoms with Gasteiger partial charge in [-0.15, -0.1) is 0 Å². The van der Waals surface area contributed by atoms with Crippen molar-refractivity contribution in [2.45, 2.75) is 37.4 Å². The van der Waals surface area contributed by atoms with E-state index in [-0.39, 0.29) is 16.9 Å². The number of hydrogen-bond donors (Lipinski definition) is 2. The van der Waals surface area contributed by atoms with E-state index < -0.39 is 46.7 Å². The second-order valence-corrected chi connectivity index (χ2v) is 7.31. The van der Waals surface area contributed by atoms with Gasteiger partial charge in [0, 0.05) is 11.8 Å². The Kier molecular flexibility index (Phi) is 5.02. The molecule has 0 fully saturated rings. The number of anilines is 1. The Morgan fingerprint density at radius 3 is 2.53 bits per heavy atom. The van der Waals surface area contributed by atoms with Crippen molar-refractivity contribution < 1.29 is 22.4 Å². The van der Waals surface area contributed by atoms with Gasteiger partial charge in [-0.05, 0) is 32.0 Å². The van der Waals surface area contributed by atoms with E-state index in [9.17, 15) is 18.0 Å². The summed E-state index contributed by atoms with van der Waals surface area (Å²) < 4.78 is 59.1. The van der Waals surface area contributed by atoms with Gasteiger partial charge in [0.1, 0.15) is 17.6 Å². The summed E-state index contributed by atoms with van der Waals surface area (Å²) in [6.07, 6.45) is -0.103. The molecular formula is C20H17F4N5O. The molecule has 1 aromatic heterocycles. The molecule has 10 heteroatoms. The third-order valence-corrected chi connectivity index (χ3v) is 5.04. The zero-order chi connectivity index (χ0) is 22.3. The van der Waals surface area contributed by atoms with Crippen LogP contribution >= 0.6 is 0 Å². The number of aromatic nitrogens is 1. The number of halogens is 4. The van der Waals surface area contributed by atoms with Crippen LogP contribution in [0.25, 0.3) is 0 Å². The van der Waals surface area contributed by atoms with Crippen LogP contribution in [-0.4, -0.2) is 28.3 Å². The van der Waals surface area contributed by atoms with E-state index in [1.165, 1.54) is 24.3 Å². The molecule has 6 nitrogen and oxygen atoms in total. The monoisotopic (exact) mass is 419 g/mol. The summed E-state index contributed by atoms with van der Waals surface area (Å²) in [6.45, 7) is 1.85. The first-order valence-electron chi connectivity index (χ1n) is 8.80. The number of nitriles is 1. The third kappa shape index (κ3) is 3.47. The van der Waals surface area contributed by atoms with Crippen molar-refractivity contribution in [2.24, 2.45) is 10.7 Å².